The van der Waals surface area contributed by atoms with Crippen molar-refractivity contribution >= 4 is 10.1 Å². The van der Waals surface area contributed by atoms with Crippen LogP contribution in [0.1, 0.15) is 19.4 Å². The van der Waals surface area contributed by atoms with Gasteiger partial charge in [-0.1, -0.05) is 17.7 Å². The van der Waals surface area contributed by atoms with Crippen molar-refractivity contribution in [1.82, 2.24) is 0 Å². The van der Waals surface area contributed by atoms with Gasteiger partial charge in [0.25, 0.3) is 10.1 Å². The number of aryl methyl sites for hydroxylation is 1. The third-order valence-corrected chi connectivity index (χ3v) is 5.76. The van der Waals surface area contributed by atoms with E-state index in [0.717, 1.165) is 5.56 Å². The molecule has 3 aliphatic heterocycles. The van der Waals surface area contributed by atoms with Crippen LogP contribution in [0.15, 0.2) is 29.2 Å². The summed E-state index contributed by atoms with van der Waals surface area (Å²) in [6.07, 6.45) is -2.59. The van der Waals surface area contributed by atoms with Gasteiger partial charge in [-0.25, -0.2) is 0 Å². The lowest BCUT2D eigenvalue weighted by Crippen LogP contribution is -2.37. The Morgan fingerprint density at radius 2 is 1.79 bits per heavy atom. The summed E-state index contributed by atoms with van der Waals surface area (Å²) < 4.78 is 53.2. The number of benzene rings is 1. The highest BCUT2D eigenvalue weighted by molar-refractivity contribution is 7.86. The van der Waals surface area contributed by atoms with Crippen LogP contribution in [0.3, 0.4) is 0 Å². The molecule has 1 aromatic rings. The van der Waals surface area contributed by atoms with Crippen LogP contribution in [0.4, 0.5) is 0 Å². The van der Waals surface area contributed by atoms with Crippen molar-refractivity contribution < 1.29 is 31.5 Å². The molecule has 0 aromatic heterocycles. The average molecular weight is 356 g/mol. The molecule has 5 atom stereocenters. The molecule has 132 valence electrons. The minimum Gasteiger partial charge on any atom is -0.370 e. The fraction of sp³-hybridized carbons (Fsp3) is 0.625. The maximum atomic E-state index is 12.4. The Labute approximate surface area is 140 Å². The van der Waals surface area contributed by atoms with Gasteiger partial charge in [-0.3, -0.25) is 4.18 Å². The van der Waals surface area contributed by atoms with Crippen molar-refractivity contribution in [3.63, 3.8) is 0 Å². The van der Waals surface area contributed by atoms with Gasteiger partial charge in [-0.05, 0) is 32.9 Å². The van der Waals surface area contributed by atoms with Crippen LogP contribution in [0.2, 0.25) is 0 Å². The molecule has 0 amide bonds. The van der Waals surface area contributed by atoms with E-state index < -0.39 is 40.5 Å². The van der Waals surface area contributed by atoms with E-state index in [-0.39, 0.29) is 17.6 Å². The summed E-state index contributed by atoms with van der Waals surface area (Å²) in [4.78, 5) is 0.114. The highest BCUT2D eigenvalue weighted by atomic mass is 32.2. The smallest absolute Gasteiger partial charge is 0.297 e. The molecule has 3 fully saturated rings. The Morgan fingerprint density at radius 1 is 1.08 bits per heavy atom. The number of hydrogen-bond acceptors (Lipinski definition) is 7. The van der Waals surface area contributed by atoms with E-state index in [2.05, 4.69) is 0 Å². The first kappa shape index (κ1) is 16.4. The van der Waals surface area contributed by atoms with Crippen LogP contribution in [-0.4, -0.2) is 51.5 Å². The quantitative estimate of drug-likeness (QED) is 0.756. The zero-order valence-electron chi connectivity index (χ0n) is 13.7. The minimum atomic E-state index is -3.89. The number of hydrogen-bond donors (Lipinski definition) is 0. The Kier molecular flexibility index (Phi) is 3.76. The first-order chi connectivity index (χ1) is 11.3. The molecule has 24 heavy (non-hydrogen) atoms. The lowest BCUT2D eigenvalue weighted by atomic mass is 10.1. The normalized spacial score (nSPS) is 37.4. The molecular weight excluding hydrogens is 336 g/mol. The average Bonchev–Trinajstić information content (AvgIpc) is 3.09. The molecule has 3 heterocycles. The molecular formula is C16H20O7S. The lowest BCUT2D eigenvalue weighted by Gasteiger charge is -2.22. The van der Waals surface area contributed by atoms with Crippen LogP contribution in [0.5, 0.6) is 0 Å². The molecule has 0 aliphatic carbocycles. The molecule has 0 unspecified atom stereocenters. The molecule has 0 N–H and O–H groups in total. The Bertz CT molecular complexity index is 727. The van der Waals surface area contributed by atoms with Gasteiger partial charge in [0.15, 0.2) is 12.1 Å². The van der Waals surface area contributed by atoms with Crippen LogP contribution >= 0.6 is 0 Å². The van der Waals surface area contributed by atoms with Gasteiger partial charge in [0, 0.05) is 0 Å². The van der Waals surface area contributed by atoms with Gasteiger partial charge < -0.3 is 18.9 Å². The highest BCUT2D eigenvalue weighted by Gasteiger charge is 2.60. The number of fused-ring (bicyclic) bond motifs is 3. The van der Waals surface area contributed by atoms with E-state index in [1.165, 1.54) is 12.1 Å². The topological polar surface area (TPSA) is 80.3 Å². The predicted octanol–water partition coefficient (Wildman–Crippen LogP) is 1.34. The first-order valence-corrected chi connectivity index (χ1v) is 9.29. The van der Waals surface area contributed by atoms with Crippen LogP contribution in [0, 0.1) is 6.92 Å². The van der Waals surface area contributed by atoms with Crippen molar-refractivity contribution in [2.45, 2.75) is 62.2 Å². The second kappa shape index (κ2) is 5.48. The van der Waals surface area contributed by atoms with Crippen LogP contribution < -0.4 is 0 Å². The molecule has 7 nitrogen and oxygen atoms in total. The molecule has 1 aromatic carbocycles. The Morgan fingerprint density at radius 3 is 2.50 bits per heavy atom. The molecule has 0 bridgehead atoms. The van der Waals surface area contributed by atoms with Gasteiger partial charge >= 0.3 is 0 Å². The fourth-order valence-corrected chi connectivity index (χ4v) is 4.37. The summed E-state index contributed by atoms with van der Waals surface area (Å²) in [5.74, 6) is -0.740. The zero-order chi connectivity index (χ0) is 17.1. The van der Waals surface area contributed by atoms with Gasteiger partial charge in [-0.15, -0.1) is 0 Å². The maximum absolute atomic E-state index is 12.4. The second-order valence-corrected chi connectivity index (χ2v) is 8.34. The van der Waals surface area contributed by atoms with Crippen molar-refractivity contribution in [1.29, 1.82) is 0 Å². The molecule has 8 heteroatoms. The number of rotatable bonds is 3. The Hall–Kier alpha value is -1.03. The second-order valence-electron chi connectivity index (χ2n) is 6.77. The van der Waals surface area contributed by atoms with Crippen molar-refractivity contribution in [2.75, 3.05) is 6.61 Å². The lowest BCUT2D eigenvalue weighted by molar-refractivity contribution is -0.213. The van der Waals surface area contributed by atoms with Crippen molar-refractivity contribution in [3.8, 4) is 0 Å². The largest absolute Gasteiger partial charge is 0.370 e. The Balaban J connectivity index is 1.49. The summed E-state index contributed by atoms with van der Waals surface area (Å²) in [5, 5.41) is 0. The minimum absolute atomic E-state index is 0.114. The standard InChI is InChI=1S/C16H20O7S/c1-9-4-6-10(7-5-9)24(17,18)23-11-8-19-13-12(11)20-15-14(13)21-16(2,3)22-15/h4-7,11-15H,8H2,1-3H3/t11-,12+,13+,14+,15-/m0/s1. The van der Waals surface area contributed by atoms with Crippen LogP contribution in [0.25, 0.3) is 0 Å². The van der Waals surface area contributed by atoms with E-state index in [0.29, 0.717) is 0 Å². The van der Waals surface area contributed by atoms with E-state index >= 15 is 0 Å². The molecule has 0 radical (unpaired) electrons. The summed E-state index contributed by atoms with van der Waals surface area (Å²) in [6, 6.07) is 6.50. The molecule has 0 spiro atoms. The predicted molar refractivity (Wildman–Crippen MR) is 81.7 cm³/mol. The zero-order valence-corrected chi connectivity index (χ0v) is 14.5. The van der Waals surface area contributed by atoms with Crippen LogP contribution in [-0.2, 0) is 33.2 Å². The van der Waals surface area contributed by atoms with Gasteiger partial charge in [0.2, 0.25) is 0 Å². The van der Waals surface area contributed by atoms with E-state index in [9.17, 15) is 8.42 Å². The fourth-order valence-electron chi connectivity index (χ4n) is 3.30. The van der Waals surface area contributed by atoms with Gasteiger partial charge in [0.1, 0.15) is 24.4 Å². The maximum Gasteiger partial charge on any atom is 0.297 e. The third-order valence-electron chi connectivity index (χ3n) is 4.41. The van der Waals surface area contributed by atoms with Gasteiger partial charge in [0.05, 0.1) is 11.5 Å². The summed E-state index contributed by atoms with van der Waals surface area (Å²) in [6.45, 7) is 5.62. The van der Waals surface area contributed by atoms with E-state index in [1.54, 1.807) is 26.0 Å². The number of ether oxygens (including phenoxy) is 4. The molecule has 0 saturated carbocycles. The molecule has 3 saturated heterocycles. The van der Waals surface area contributed by atoms with E-state index in [4.69, 9.17) is 23.1 Å². The van der Waals surface area contributed by atoms with E-state index in [1.807, 2.05) is 6.92 Å². The molecule has 4 rings (SSSR count). The molecule has 3 aliphatic rings. The summed E-state index contributed by atoms with van der Waals surface area (Å²) in [5.41, 5.74) is 0.974. The van der Waals surface area contributed by atoms with Gasteiger partial charge in [-0.2, -0.15) is 8.42 Å². The third kappa shape index (κ3) is 2.77. The SMILES string of the molecule is Cc1ccc(S(=O)(=O)O[C@H]2CO[C@H]3[C@H]4OC(C)(C)O[C@@H]4O[C@@H]32)cc1. The monoisotopic (exact) mass is 356 g/mol. The summed E-state index contributed by atoms with van der Waals surface area (Å²) in [7, 11) is -3.89. The first-order valence-electron chi connectivity index (χ1n) is 7.88. The van der Waals surface area contributed by atoms with Crippen molar-refractivity contribution in [3.05, 3.63) is 29.8 Å². The highest BCUT2D eigenvalue weighted by Crippen LogP contribution is 2.43. The van der Waals surface area contributed by atoms with Crippen molar-refractivity contribution in [2.24, 2.45) is 0 Å². The summed E-state index contributed by atoms with van der Waals surface area (Å²) >= 11 is 0.